The Morgan fingerprint density at radius 2 is 1.38 bits per heavy atom. The average molecular weight is 295 g/mol. The molecule has 0 spiro atoms. The van der Waals surface area contributed by atoms with E-state index in [1.807, 2.05) is 0 Å². The second-order valence-electron chi connectivity index (χ2n) is 6.35. The number of rotatable bonds is 11. The molecule has 3 nitrogen and oxygen atoms in total. The molecule has 1 heterocycles. The third-order valence-corrected chi connectivity index (χ3v) is 4.39. The quantitative estimate of drug-likeness (QED) is 0.416. The molecule has 0 unspecified atom stereocenters. The van der Waals surface area contributed by atoms with E-state index in [0.717, 1.165) is 32.4 Å². The van der Waals surface area contributed by atoms with Crippen molar-refractivity contribution in [2.24, 2.45) is 0 Å². The zero-order valence-corrected chi connectivity index (χ0v) is 13.9. The Kier molecular flexibility index (Phi) is 10.2. The molecule has 0 aromatic heterocycles. The molecule has 21 heavy (non-hydrogen) atoms. The highest BCUT2D eigenvalue weighted by atomic mass is 16.2. The van der Waals surface area contributed by atoms with Crippen molar-refractivity contribution in [2.45, 2.75) is 90.4 Å². The van der Waals surface area contributed by atoms with Crippen molar-refractivity contribution in [3.8, 4) is 0 Å². The van der Waals surface area contributed by atoms with Crippen LogP contribution in [0.15, 0.2) is 0 Å². The van der Waals surface area contributed by atoms with E-state index in [1.165, 1.54) is 57.8 Å². The fourth-order valence-corrected chi connectivity index (χ4v) is 2.98. The van der Waals surface area contributed by atoms with Crippen molar-refractivity contribution in [1.29, 1.82) is 0 Å². The molecule has 1 aliphatic heterocycles. The summed E-state index contributed by atoms with van der Waals surface area (Å²) in [7, 11) is 0. The second-order valence-corrected chi connectivity index (χ2v) is 6.35. The topological polar surface area (TPSA) is 37.4 Å². The molecular weight excluding hydrogens is 262 g/mol. The maximum Gasteiger partial charge on any atom is 0.289 e. The Hall–Kier alpha value is -0.860. The molecule has 0 aromatic carbocycles. The largest absolute Gasteiger partial charge is 0.336 e. The first-order valence-corrected chi connectivity index (χ1v) is 9.07. The van der Waals surface area contributed by atoms with Crippen LogP contribution >= 0.6 is 0 Å². The number of hydrogen-bond acceptors (Lipinski definition) is 2. The van der Waals surface area contributed by atoms with E-state index in [0.29, 0.717) is 6.42 Å². The molecule has 122 valence electrons. The predicted octanol–water partition coefficient (Wildman–Crippen LogP) is 4.49. The number of carbonyl (C=O) groups excluding carboxylic acids is 2. The predicted molar refractivity (Wildman–Crippen MR) is 87.3 cm³/mol. The highest BCUT2D eigenvalue weighted by Crippen LogP contribution is 2.13. The van der Waals surface area contributed by atoms with Crippen LogP contribution in [0.5, 0.6) is 0 Å². The molecule has 1 aliphatic rings. The Morgan fingerprint density at radius 1 is 0.810 bits per heavy atom. The maximum atomic E-state index is 11.8. The van der Waals surface area contributed by atoms with Crippen LogP contribution < -0.4 is 0 Å². The third kappa shape index (κ3) is 8.23. The molecule has 1 amide bonds. The molecule has 0 atom stereocenters. The normalized spacial score (nSPS) is 16.3. The van der Waals surface area contributed by atoms with Gasteiger partial charge in [0.25, 0.3) is 5.91 Å². The van der Waals surface area contributed by atoms with Crippen LogP contribution in [0.4, 0.5) is 0 Å². The number of Topliss-reactive ketones (excluding diaryl/α,β-unsaturated/α-hetero) is 1. The van der Waals surface area contributed by atoms with Crippen molar-refractivity contribution in [1.82, 2.24) is 4.90 Å². The number of likely N-dealkylation sites (tertiary alicyclic amines) is 1. The molecule has 0 aromatic rings. The summed E-state index contributed by atoms with van der Waals surface area (Å²) >= 11 is 0. The summed E-state index contributed by atoms with van der Waals surface area (Å²) in [5.41, 5.74) is 0. The van der Waals surface area contributed by atoms with E-state index in [-0.39, 0.29) is 11.7 Å². The Morgan fingerprint density at radius 3 is 2.00 bits per heavy atom. The van der Waals surface area contributed by atoms with E-state index in [2.05, 4.69) is 6.92 Å². The first-order chi connectivity index (χ1) is 10.3. The summed E-state index contributed by atoms with van der Waals surface area (Å²) < 4.78 is 0. The molecule has 0 aliphatic carbocycles. The van der Waals surface area contributed by atoms with Crippen molar-refractivity contribution < 1.29 is 9.59 Å². The van der Waals surface area contributed by atoms with Gasteiger partial charge in [0.05, 0.1) is 0 Å². The van der Waals surface area contributed by atoms with Crippen molar-refractivity contribution in [3.05, 3.63) is 0 Å². The lowest BCUT2D eigenvalue weighted by molar-refractivity contribution is -0.143. The van der Waals surface area contributed by atoms with E-state index < -0.39 is 0 Å². The van der Waals surface area contributed by atoms with Gasteiger partial charge in [-0.1, -0.05) is 64.7 Å². The third-order valence-electron chi connectivity index (χ3n) is 4.39. The van der Waals surface area contributed by atoms with Gasteiger partial charge >= 0.3 is 0 Å². The second kappa shape index (κ2) is 11.8. The van der Waals surface area contributed by atoms with Crippen molar-refractivity contribution >= 4 is 11.7 Å². The molecular formula is C18H33NO2. The number of nitrogens with zero attached hydrogens (tertiary/aromatic N) is 1. The number of hydrogen-bond donors (Lipinski definition) is 0. The fraction of sp³-hybridized carbons (Fsp3) is 0.889. The lowest BCUT2D eigenvalue weighted by Crippen LogP contribution is -2.35. The van der Waals surface area contributed by atoms with Crippen molar-refractivity contribution in [3.63, 3.8) is 0 Å². The highest BCUT2D eigenvalue weighted by molar-refractivity contribution is 6.36. The van der Waals surface area contributed by atoms with Gasteiger partial charge in [0, 0.05) is 19.5 Å². The summed E-state index contributed by atoms with van der Waals surface area (Å²) in [5, 5.41) is 0. The van der Waals surface area contributed by atoms with E-state index >= 15 is 0 Å². The fourth-order valence-electron chi connectivity index (χ4n) is 2.98. The SMILES string of the molecule is CCCCCCCCCCCCN1CCCCC(=O)C1=O. The van der Waals surface area contributed by atoms with Gasteiger partial charge in [0.1, 0.15) is 0 Å². The van der Waals surface area contributed by atoms with Gasteiger partial charge in [0.15, 0.2) is 0 Å². The van der Waals surface area contributed by atoms with E-state index in [4.69, 9.17) is 0 Å². The Labute approximate surface area is 130 Å². The first kappa shape index (κ1) is 18.2. The van der Waals surface area contributed by atoms with Crippen molar-refractivity contribution in [2.75, 3.05) is 13.1 Å². The van der Waals surface area contributed by atoms with Gasteiger partial charge in [-0.2, -0.15) is 0 Å². The minimum atomic E-state index is -0.233. The van der Waals surface area contributed by atoms with Crippen LogP contribution in [-0.2, 0) is 9.59 Å². The zero-order valence-electron chi connectivity index (χ0n) is 13.9. The van der Waals surface area contributed by atoms with Crippen LogP contribution in [0, 0.1) is 0 Å². The first-order valence-electron chi connectivity index (χ1n) is 9.07. The average Bonchev–Trinajstić information content (AvgIpc) is 2.64. The molecule has 0 N–H and O–H groups in total. The standard InChI is InChI=1S/C18H33NO2/c1-2-3-4-5-6-7-8-9-10-12-15-19-16-13-11-14-17(20)18(19)21/h2-16H2,1H3. The van der Waals surface area contributed by atoms with Crippen LogP contribution in [-0.4, -0.2) is 29.7 Å². The highest BCUT2D eigenvalue weighted by Gasteiger charge is 2.23. The van der Waals surface area contributed by atoms with E-state index in [9.17, 15) is 9.59 Å². The number of carbonyl (C=O) groups is 2. The molecule has 0 radical (unpaired) electrons. The van der Waals surface area contributed by atoms with Gasteiger partial charge in [-0.3, -0.25) is 9.59 Å². The van der Waals surface area contributed by atoms with E-state index in [1.54, 1.807) is 4.90 Å². The Bertz CT molecular complexity index is 302. The lowest BCUT2D eigenvalue weighted by atomic mass is 10.1. The minimum Gasteiger partial charge on any atom is -0.336 e. The van der Waals surface area contributed by atoms with Gasteiger partial charge in [-0.05, 0) is 19.3 Å². The minimum absolute atomic E-state index is 0.181. The lowest BCUT2D eigenvalue weighted by Gasteiger charge is -2.19. The molecule has 0 bridgehead atoms. The zero-order chi connectivity index (χ0) is 15.3. The van der Waals surface area contributed by atoms with Crippen LogP contribution in [0.2, 0.25) is 0 Å². The number of amides is 1. The molecule has 1 fully saturated rings. The molecule has 1 saturated heterocycles. The summed E-state index contributed by atoms with van der Waals surface area (Å²) in [4.78, 5) is 25.1. The van der Waals surface area contributed by atoms with Crippen LogP contribution in [0.1, 0.15) is 90.4 Å². The van der Waals surface area contributed by atoms with Crippen LogP contribution in [0.25, 0.3) is 0 Å². The molecule has 1 rings (SSSR count). The van der Waals surface area contributed by atoms with Gasteiger partial charge in [-0.15, -0.1) is 0 Å². The maximum absolute atomic E-state index is 11.8. The number of unbranched alkanes of at least 4 members (excludes halogenated alkanes) is 9. The monoisotopic (exact) mass is 295 g/mol. The molecule has 0 saturated carbocycles. The van der Waals surface area contributed by atoms with Gasteiger partial charge in [-0.25, -0.2) is 0 Å². The van der Waals surface area contributed by atoms with Gasteiger partial charge < -0.3 is 4.90 Å². The van der Waals surface area contributed by atoms with Crippen LogP contribution in [0.3, 0.4) is 0 Å². The number of ketones is 1. The van der Waals surface area contributed by atoms with Gasteiger partial charge in [0.2, 0.25) is 5.78 Å². The summed E-state index contributed by atoms with van der Waals surface area (Å²) in [6, 6.07) is 0. The molecule has 3 heteroatoms. The smallest absolute Gasteiger partial charge is 0.289 e. The summed E-state index contributed by atoms with van der Waals surface area (Å²) in [6.07, 6.45) is 15.3. The summed E-state index contributed by atoms with van der Waals surface area (Å²) in [6.45, 7) is 3.81. The Balaban J connectivity index is 1.96. The summed E-state index contributed by atoms with van der Waals surface area (Å²) in [5.74, 6) is -0.414.